The first-order valence-electron chi connectivity index (χ1n) is 19.1. The number of aryl methyl sites for hydroxylation is 2. The van der Waals surface area contributed by atoms with Crippen molar-refractivity contribution in [2.45, 2.75) is 97.8 Å². The highest BCUT2D eigenvalue weighted by Gasteiger charge is 2.62. The number of rotatable bonds is 9. The molecular weight excluding hydrogens is 671 g/mol. The summed E-state index contributed by atoms with van der Waals surface area (Å²) >= 11 is 1.37. The number of aromatic nitrogens is 1. The van der Waals surface area contributed by atoms with Crippen molar-refractivity contribution in [3.05, 3.63) is 15.6 Å². The molecule has 7 heterocycles. The van der Waals surface area contributed by atoms with Crippen LogP contribution in [0, 0.1) is 47.3 Å². The normalized spacial score (nSPS) is 32.3. The summed E-state index contributed by atoms with van der Waals surface area (Å²) in [5.41, 5.74) is 0.224. The van der Waals surface area contributed by atoms with E-state index in [0.717, 1.165) is 63.2 Å². The molecule has 0 aromatic carbocycles. The third kappa shape index (κ3) is 6.41. The van der Waals surface area contributed by atoms with Gasteiger partial charge < -0.3 is 34.2 Å². The van der Waals surface area contributed by atoms with Crippen LogP contribution in [0.15, 0.2) is 0 Å². The van der Waals surface area contributed by atoms with Gasteiger partial charge in [-0.15, -0.1) is 11.3 Å². The van der Waals surface area contributed by atoms with E-state index in [2.05, 4.69) is 24.1 Å². The zero-order valence-corrected chi connectivity index (χ0v) is 31.8. The second kappa shape index (κ2) is 12.8. The molecule has 1 N–H and O–H groups in total. The van der Waals surface area contributed by atoms with Crippen LogP contribution in [0.25, 0.3) is 0 Å². The molecule has 51 heavy (non-hydrogen) atoms. The molecule has 4 amide bonds. The van der Waals surface area contributed by atoms with Crippen molar-refractivity contribution < 1.29 is 33.4 Å². The number of nitrogens with zero attached hydrogens (tertiary/aromatic N) is 4. The fraction of sp³-hybridized carbons (Fsp3) is 0.816. The number of likely N-dealkylation sites (tertiary alicyclic amines) is 3. The molecule has 2 aliphatic carbocycles. The molecule has 8 fully saturated rings. The molecule has 12 nitrogen and oxygen atoms in total. The SMILES string of the molecule is Cc1nc(C)c(C(=O)N2C[C@@H](C(=O)N[C@H](C(=O)N3CCC4(CC3)COC4)[C@@H](C)OCC34CCC(CC3)OC4)C3(C2)CN(C(=O)[C@H]2CC2(C)C)C3)s1. The van der Waals surface area contributed by atoms with Crippen molar-refractivity contribution in [3.8, 4) is 0 Å². The zero-order valence-electron chi connectivity index (χ0n) is 31.0. The van der Waals surface area contributed by atoms with Crippen molar-refractivity contribution >= 4 is 35.0 Å². The number of carbonyl (C=O) groups is 4. The number of ether oxygens (including phenoxy) is 3. The lowest BCUT2D eigenvalue weighted by Gasteiger charge is -2.51. The molecule has 6 aliphatic heterocycles. The topological polar surface area (TPSA) is 131 Å². The van der Waals surface area contributed by atoms with E-state index in [-0.39, 0.29) is 52.3 Å². The van der Waals surface area contributed by atoms with E-state index in [4.69, 9.17) is 14.2 Å². The number of nitrogens with one attached hydrogen (secondary N) is 1. The highest BCUT2D eigenvalue weighted by atomic mass is 32.1. The number of fused-ring (bicyclic) bond motifs is 3. The van der Waals surface area contributed by atoms with Crippen molar-refractivity contribution in [2.75, 3.05) is 65.7 Å². The van der Waals surface area contributed by atoms with E-state index in [1.165, 1.54) is 11.3 Å². The molecule has 8 aliphatic rings. The standard InChI is InChI=1S/C38H55N5O7S/c1-23-30(51-25(3)39-23)34(47)42-15-28(38(16-42)17-43(18-38)32(45)27-14-35(27,4)5)31(44)40-29(33(46)41-12-10-37(11-13-41)19-48-20-37)24(2)49-21-36-8-6-26(7-9-36)50-22-36/h24,26-29H,6-22H2,1-5H3,(H,40,44)/t24-,26?,27-,28+,29+,36?/m1/s1. The lowest BCUT2D eigenvalue weighted by atomic mass is 9.70. The maximum absolute atomic E-state index is 14.6. The van der Waals surface area contributed by atoms with Crippen LogP contribution in [0.2, 0.25) is 0 Å². The molecule has 9 rings (SSSR count). The number of thiazole rings is 1. The van der Waals surface area contributed by atoms with Gasteiger partial charge in [0.25, 0.3) is 5.91 Å². The summed E-state index contributed by atoms with van der Waals surface area (Å²) in [6.45, 7) is 15.2. The Labute approximate surface area is 305 Å². The van der Waals surface area contributed by atoms with Gasteiger partial charge in [0.1, 0.15) is 10.9 Å². The van der Waals surface area contributed by atoms with Crippen LogP contribution in [0.3, 0.4) is 0 Å². The minimum absolute atomic E-state index is 0.00197. The fourth-order valence-corrected chi connectivity index (χ4v) is 10.7. The smallest absolute Gasteiger partial charge is 0.265 e. The Morgan fingerprint density at radius 2 is 1.63 bits per heavy atom. The number of carbonyl (C=O) groups excluding carboxylic acids is 4. The van der Waals surface area contributed by atoms with Crippen molar-refractivity contribution in [1.82, 2.24) is 25.0 Å². The van der Waals surface area contributed by atoms with E-state index in [1.54, 1.807) is 4.90 Å². The first-order chi connectivity index (χ1) is 24.2. The van der Waals surface area contributed by atoms with Gasteiger partial charge in [-0.25, -0.2) is 4.98 Å². The van der Waals surface area contributed by atoms with E-state index in [0.29, 0.717) is 62.6 Å². The Kier molecular flexibility index (Phi) is 8.86. The van der Waals surface area contributed by atoms with E-state index >= 15 is 0 Å². The monoisotopic (exact) mass is 725 g/mol. The molecule has 2 saturated carbocycles. The Morgan fingerprint density at radius 3 is 2.18 bits per heavy atom. The summed E-state index contributed by atoms with van der Waals surface area (Å²) in [6.07, 6.45) is 6.60. The van der Waals surface area contributed by atoms with Gasteiger partial charge in [0.05, 0.1) is 55.3 Å². The second-order valence-corrected chi connectivity index (χ2v) is 19.2. The van der Waals surface area contributed by atoms with Crippen LogP contribution >= 0.6 is 11.3 Å². The van der Waals surface area contributed by atoms with Crippen molar-refractivity contribution in [1.29, 1.82) is 0 Å². The lowest BCUT2D eigenvalue weighted by molar-refractivity contribution is -0.165. The van der Waals surface area contributed by atoms with Crippen molar-refractivity contribution in [2.24, 2.45) is 33.5 Å². The maximum Gasteiger partial charge on any atom is 0.265 e. The summed E-state index contributed by atoms with van der Waals surface area (Å²) in [7, 11) is 0. The largest absolute Gasteiger partial charge is 0.380 e. The van der Waals surface area contributed by atoms with E-state index < -0.39 is 23.5 Å². The van der Waals surface area contributed by atoms with Crippen LogP contribution in [0.5, 0.6) is 0 Å². The minimum atomic E-state index is -0.875. The van der Waals surface area contributed by atoms with Crippen LogP contribution in [0.1, 0.15) is 86.1 Å². The quantitative estimate of drug-likeness (QED) is 0.411. The zero-order chi connectivity index (χ0) is 35.9. The Hall–Kier alpha value is -2.61. The molecule has 0 unspecified atom stereocenters. The molecule has 280 valence electrons. The molecule has 13 heteroatoms. The molecule has 1 aromatic heterocycles. The molecule has 6 saturated heterocycles. The second-order valence-electron chi connectivity index (χ2n) is 18.0. The molecular formula is C38H55N5O7S. The first kappa shape index (κ1) is 35.4. The summed E-state index contributed by atoms with van der Waals surface area (Å²) in [4.78, 5) is 66.9. The third-order valence-corrected chi connectivity index (χ3v) is 14.8. The molecule has 2 spiro atoms. The highest BCUT2D eigenvalue weighted by Crippen LogP contribution is 2.55. The average molecular weight is 726 g/mol. The number of hydrogen-bond donors (Lipinski definition) is 1. The molecule has 1 aromatic rings. The first-order valence-corrected chi connectivity index (χ1v) is 20.0. The molecule has 0 radical (unpaired) electrons. The predicted octanol–water partition coefficient (Wildman–Crippen LogP) is 3.19. The minimum Gasteiger partial charge on any atom is -0.380 e. The predicted molar refractivity (Wildman–Crippen MR) is 189 cm³/mol. The Morgan fingerprint density at radius 1 is 0.961 bits per heavy atom. The summed E-state index contributed by atoms with van der Waals surface area (Å²) in [5, 5.41) is 4.02. The summed E-state index contributed by atoms with van der Waals surface area (Å²) < 4.78 is 18.1. The van der Waals surface area contributed by atoms with Gasteiger partial charge >= 0.3 is 0 Å². The number of amides is 4. The fourth-order valence-electron chi connectivity index (χ4n) is 9.77. The van der Waals surface area contributed by atoms with Crippen LogP contribution in [0.4, 0.5) is 0 Å². The average Bonchev–Trinajstić information content (AvgIpc) is 3.37. The van der Waals surface area contributed by atoms with Gasteiger partial charge in [-0.2, -0.15) is 0 Å². The van der Waals surface area contributed by atoms with Gasteiger partial charge in [0.15, 0.2) is 0 Å². The van der Waals surface area contributed by atoms with Gasteiger partial charge in [-0.1, -0.05) is 13.8 Å². The lowest BCUT2D eigenvalue weighted by Crippen LogP contribution is -2.66. The molecule has 2 bridgehead atoms. The van der Waals surface area contributed by atoms with Crippen molar-refractivity contribution in [3.63, 3.8) is 0 Å². The van der Waals surface area contributed by atoms with Gasteiger partial charge in [0.2, 0.25) is 17.7 Å². The van der Waals surface area contributed by atoms with Gasteiger partial charge in [0, 0.05) is 61.4 Å². The van der Waals surface area contributed by atoms with Crippen LogP contribution in [-0.4, -0.2) is 127 Å². The summed E-state index contributed by atoms with van der Waals surface area (Å²) in [6, 6.07) is -0.875. The van der Waals surface area contributed by atoms with Gasteiger partial charge in [-0.3, -0.25) is 19.2 Å². The van der Waals surface area contributed by atoms with Gasteiger partial charge in [-0.05, 0) is 71.1 Å². The Bertz CT molecular complexity index is 1550. The Balaban J connectivity index is 1.01. The van der Waals surface area contributed by atoms with Crippen LogP contribution in [-0.2, 0) is 28.6 Å². The number of hydrogen-bond acceptors (Lipinski definition) is 9. The number of piperidine rings is 1. The molecule has 4 atom stereocenters. The summed E-state index contributed by atoms with van der Waals surface area (Å²) in [5.74, 6) is -0.940. The third-order valence-electron chi connectivity index (χ3n) is 13.7. The van der Waals surface area contributed by atoms with Crippen LogP contribution < -0.4 is 5.32 Å². The van der Waals surface area contributed by atoms with E-state index in [9.17, 15) is 19.2 Å². The highest BCUT2D eigenvalue weighted by molar-refractivity contribution is 7.13. The maximum atomic E-state index is 14.6. The van der Waals surface area contributed by atoms with E-state index in [1.807, 2.05) is 30.6 Å².